The monoisotopic (exact) mass is 556 g/mol. The summed E-state index contributed by atoms with van der Waals surface area (Å²) in [6.07, 6.45) is 12.2. The van der Waals surface area contributed by atoms with Crippen molar-refractivity contribution in [2.24, 2.45) is 44.8 Å². The van der Waals surface area contributed by atoms with Crippen LogP contribution in [0.2, 0.25) is 0 Å². The van der Waals surface area contributed by atoms with Crippen LogP contribution in [0.5, 0.6) is 0 Å². The second-order valence-corrected chi connectivity index (χ2v) is 15.7. The van der Waals surface area contributed by atoms with Crippen molar-refractivity contribution >= 4 is 17.7 Å². The zero-order valence-electron chi connectivity index (χ0n) is 26.9. The summed E-state index contributed by atoms with van der Waals surface area (Å²) in [6.45, 7) is 19.9. The first-order chi connectivity index (χ1) is 18.6. The minimum absolute atomic E-state index is 0.0210. The first-order valence-corrected chi connectivity index (χ1v) is 16.2. The lowest BCUT2D eigenvalue weighted by Gasteiger charge is -2.66. The van der Waals surface area contributed by atoms with Crippen LogP contribution in [-0.2, 0) is 23.9 Å². The highest BCUT2D eigenvalue weighted by Gasteiger charge is 2.68. The van der Waals surface area contributed by atoms with Gasteiger partial charge in [-0.2, -0.15) is 0 Å². The van der Waals surface area contributed by atoms with Crippen LogP contribution in [0.1, 0.15) is 133 Å². The summed E-state index contributed by atoms with van der Waals surface area (Å²) in [4.78, 5) is 39.9. The molecular formula is C35H56O5. The summed E-state index contributed by atoms with van der Waals surface area (Å²) in [7, 11) is 0. The standard InChI is InChI=1S/C35H56O5/c1-10-12-13-28(40-23(3)36)32(6,7)24-14-15-33(8)25(20-24)21-27(37)29-26-22-31(4,5)16-18-35(26,30(38)39-11-2)19-17-34(29,33)9/h21,24,26,28-29H,10-20,22H2,1-9H3/t24-,26+,28+,29?,33-,34-,35+/m1/s1. The van der Waals surface area contributed by atoms with Crippen molar-refractivity contribution in [3.8, 4) is 0 Å². The van der Waals surface area contributed by atoms with Gasteiger partial charge in [-0.15, -0.1) is 0 Å². The van der Waals surface area contributed by atoms with Gasteiger partial charge in [0.1, 0.15) is 6.10 Å². The molecule has 0 radical (unpaired) electrons. The Morgan fingerprint density at radius 3 is 2.35 bits per heavy atom. The van der Waals surface area contributed by atoms with Gasteiger partial charge < -0.3 is 9.47 Å². The Balaban J connectivity index is 1.70. The molecule has 4 aliphatic carbocycles. The van der Waals surface area contributed by atoms with E-state index >= 15 is 0 Å². The summed E-state index contributed by atoms with van der Waals surface area (Å²) in [5, 5.41) is 0. The minimum atomic E-state index is -0.539. The van der Waals surface area contributed by atoms with Crippen LogP contribution in [0, 0.1) is 44.8 Å². The smallest absolute Gasteiger partial charge is 0.312 e. The molecule has 0 spiro atoms. The van der Waals surface area contributed by atoms with E-state index in [2.05, 4.69) is 48.5 Å². The normalized spacial score (nSPS) is 37.8. The van der Waals surface area contributed by atoms with Gasteiger partial charge in [0, 0.05) is 18.3 Å². The summed E-state index contributed by atoms with van der Waals surface area (Å²) in [5.41, 5.74) is 0.411. The highest BCUT2D eigenvalue weighted by molar-refractivity contribution is 5.96. The third-order valence-electron chi connectivity index (χ3n) is 12.7. The highest BCUT2D eigenvalue weighted by Crippen LogP contribution is 2.71. The molecule has 226 valence electrons. The number of unbranched alkanes of at least 4 members (excludes halogenated alkanes) is 1. The molecular weight excluding hydrogens is 500 g/mol. The molecule has 40 heavy (non-hydrogen) atoms. The van der Waals surface area contributed by atoms with Gasteiger partial charge in [-0.25, -0.2) is 0 Å². The molecule has 0 aromatic carbocycles. The number of allylic oxidation sites excluding steroid dienone is 2. The topological polar surface area (TPSA) is 69.7 Å². The molecule has 0 N–H and O–H groups in total. The minimum Gasteiger partial charge on any atom is -0.466 e. The lowest BCUT2D eigenvalue weighted by Crippen LogP contribution is -2.63. The Kier molecular flexibility index (Phi) is 8.51. The van der Waals surface area contributed by atoms with Crippen molar-refractivity contribution < 1.29 is 23.9 Å². The number of carbonyl (C=O) groups is 3. The number of ether oxygens (including phenoxy) is 2. The maximum absolute atomic E-state index is 14.3. The molecule has 5 nitrogen and oxygen atoms in total. The van der Waals surface area contributed by atoms with E-state index in [0.29, 0.717) is 12.5 Å². The van der Waals surface area contributed by atoms with Crippen LogP contribution in [0.15, 0.2) is 11.6 Å². The molecule has 3 fully saturated rings. The molecule has 0 aliphatic heterocycles. The van der Waals surface area contributed by atoms with Crippen LogP contribution < -0.4 is 0 Å². The Labute approximate surface area is 243 Å². The van der Waals surface area contributed by atoms with E-state index in [4.69, 9.17) is 9.47 Å². The molecule has 7 atom stereocenters. The molecule has 0 aromatic heterocycles. The van der Waals surface area contributed by atoms with Gasteiger partial charge in [-0.1, -0.05) is 66.9 Å². The quantitative estimate of drug-likeness (QED) is 0.282. The first-order valence-electron chi connectivity index (χ1n) is 16.2. The highest BCUT2D eigenvalue weighted by atomic mass is 16.5. The van der Waals surface area contributed by atoms with Gasteiger partial charge in [0.15, 0.2) is 5.78 Å². The number of esters is 2. The molecule has 0 heterocycles. The van der Waals surface area contributed by atoms with Crippen molar-refractivity contribution in [2.45, 2.75) is 139 Å². The van der Waals surface area contributed by atoms with Crippen LogP contribution >= 0.6 is 0 Å². The van der Waals surface area contributed by atoms with Crippen LogP contribution in [0.3, 0.4) is 0 Å². The van der Waals surface area contributed by atoms with Crippen molar-refractivity contribution in [1.82, 2.24) is 0 Å². The molecule has 0 amide bonds. The predicted octanol–water partition coefficient (Wildman–Crippen LogP) is 8.24. The lowest BCUT2D eigenvalue weighted by molar-refractivity contribution is -0.191. The zero-order chi connectivity index (χ0) is 29.7. The van der Waals surface area contributed by atoms with E-state index in [9.17, 15) is 14.4 Å². The number of ketones is 1. The van der Waals surface area contributed by atoms with Crippen LogP contribution in [0.25, 0.3) is 0 Å². The van der Waals surface area contributed by atoms with Gasteiger partial charge >= 0.3 is 11.9 Å². The predicted molar refractivity (Wildman–Crippen MR) is 158 cm³/mol. The molecule has 4 rings (SSSR count). The largest absolute Gasteiger partial charge is 0.466 e. The average Bonchev–Trinajstić information content (AvgIpc) is 2.86. The van der Waals surface area contributed by atoms with E-state index in [1.54, 1.807) is 0 Å². The van der Waals surface area contributed by atoms with Gasteiger partial charge in [0.2, 0.25) is 0 Å². The SMILES string of the molecule is CCCC[C@H](OC(C)=O)C(C)(C)[C@@H]1CC[C@]2(C)C(=CC(=O)C3[C@@H]4CC(C)(C)CC[C@]4(C(=O)OCC)CC[C@]32C)C1. The maximum atomic E-state index is 14.3. The molecule has 0 aromatic rings. The van der Waals surface area contributed by atoms with E-state index in [-0.39, 0.29) is 57.3 Å². The van der Waals surface area contributed by atoms with Gasteiger partial charge in [-0.05, 0) is 98.9 Å². The number of hydrogen-bond acceptors (Lipinski definition) is 5. The van der Waals surface area contributed by atoms with Gasteiger partial charge in [-0.3, -0.25) is 14.4 Å². The second kappa shape index (κ2) is 10.9. The summed E-state index contributed by atoms with van der Waals surface area (Å²) < 4.78 is 11.6. The average molecular weight is 557 g/mol. The summed E-state index contributed by atoms with van der Waals surface area (Å²) in [5.74, 6) is 0.165. The molecule has 0 bridgehead atoms. The van der Waals surface area contributed by atoms with Crippen LogP contribution in [0.4, 0.5) is 0 Å². The number of rotatable bonds is 8. The summed E-state index contributed by atoms with van der Waals surface area (Å²) in [6, 6.07) is 0. The third-order valence-corrected chi connectivity index (χ3v) is 12.7. The van der Waals surface area contributed by atoms with E-state index in [0.717, 1.165) is 70.6 Å². The van der Waals surface area contributed by atoms with Gasteiger partial charge in [0.05, 0.1) is 12.0 Å². The Hall–Kier alpha value is -1.65. The fourth-order valence-corrected chi connectivity index (χ4v) is 9.65. The Morgan fingerprint density at radius 1 is 1.05 bits per heavy atom. The van der Waals surface area contributed by atoms with Crippen LogP contribution in [-0.4, -0.2) is 30.4 Å². The van der Waals surface area contributed by atoms with E-state index in [1.165, 1.54) is 12.5 Å². The second-order valence-electron chi connectivity index (χ2n) is 15.7. The number of hydrogen-bond donors (Lipinski definition) is 0. The molecule has 1 unspecified atom stereocenters. The lowest BCUT2D eigenvalue weighted by atomic mass is 9.37. The zero-order valence-corrected chi connectivity index (χ0v) is 26.9. The van der Waals surface area contributed by atoms with Crippen molar-refractivity contribution in [3.63, 3.8) is 0 Å². The molecule has 5 heteroatoms. The molecule has 3 saturated carbocycles. The van der Waals surface area contributed by atoms with E-state index < -0.39 is 5.41 Å². The van der Waals surface area contributed by atoms with E-state index in [1.807, 2.05) is 13.0 Å². The van der Waals surface area contributed by atoms with Crippen molar-refractivity contribution in [2.75, 3.05) is 6.61 Å². The fraction of sp³-hybridized carbons (Fsp3) is 0.857. The Morgan fingerprint density at radius 2 is 1.73 bits per heavy atom. The van der Waals surface area contributed by atoms with Crippen molar-refractivity contribution in [1.29, 1.82) is 0 Å². The molecule has 0 saturated heterocycles. The number of fused-ring (bicyclic) bond motifs is 5. The summed E-state index contributed by atoms with van der Waals surface area (Å²) >= 11 is 0. The third kappa shape index (κ3) is 5.00. The first kappa shape index (κ1) is 31.3. The Bertz CT molecular complexity index is 1040. The molecule has 4 aliphatic rings. The van der Waals surface area contributed by atoms with Gasteiger partial charge in [0.25, 0.3) is 0 Å². The maximum Gasteiger partial charge on any atom is 0.312 e. The fourth-order valence-electron chi connectivity index (χ4n) is 9.65. The van der Waals surface area contributed by atoms with Crippen molar-refractivity contribution in [3.05, 3.63) is 11.6 Å². The number of carbonyl (C=O) groups excluding carboxylic acids is 3.